The summed E-state index contributed by atoms with van der Waals surface area (Å²) < 4.78 is 32.4. The largest absolute Gasteiger partial charge is 0.504 e. The Balaban J connectivity index is 1.95. The van der Waals surface area contributed by atoms with Crippen LogP contribution in [0.2, 0.25) is 0 Å². The van der Waals surface area contributed by atoms with E-state index in [1.165, 1.54) is 25.3 Å². The lowest BCUT2D eigenvalue weighted by atomic mass is 10.1. The van der Waals surface area contributed by atoms with E-state index < -0.39 is 10.0 Å². The molecule has 23 heavy (non-hydrogen) atoms. The second-order valence-electron chi connectivity index (χ2n) is 5.00. The van der Waals surface area contributed by atoms with E-state index in [-0.39, 0.29) is 22.1 Å². The standard InChI is InChI=1S/C17H15NO4S/c1-22-17-9-7-14(11-16(17)19)18-23(20,21)15-8-6-12-4-2-3-5-13(12)10-15/h2-11,18-19H,1H3. The second kappa shape index (κ2) is 5.81. The molecule has 0 aliphatic heterocycles. The lowest BCUT2D eigenvalue weighted by Crippen LogP contribution is -2.12. The number of hydrogen-bond acceptors (Lipinski definition) is 4. The minimum absolute atomic E-state index is 0.133. The first-order valence-corrected chi connectivity index (χ1v) is 8.36. The molecule has 0 radical (unpaired) electrons. The van der Waals surface area contributed by atoms with Crippen molar-refractivity contribution in [2.75, 3.05) is 11.8 Å². The highest BCUT2D eigenvalue weighted by Gasteiger charge is 2.15. The Morgan fingerprint density at radius 3 is 2.39 bits per heavy atom. The van der Waals surface area contributed by atoms with Gasteiger partial charge in [0, 0.05) is 6.07 Å². The number of hydrogen-bond donors (Lipinski definition) is 2. The van der Waals surface area contributed by atoms with Crippen LogP contribution < -0.4 is 9.46 Å². The number of benzene rings is 3. The fraction of sp³-hybridized carbons (Fsp3) is 0.0588. The molecule has 3 rings (SSSR count). The second-order valence-corrected chi connectivity index (χ2v) is 6.68. The number of aromatic hydroxyl groups is 1. The van der Waals surface area contributed by atoms with Crippen molar-refractivity contribution in [2.24, 2.45) is 0 Å². The van der Waals surface area contributed by atoms with Crippen LogP contribution in [-0.2, 0) is 10.0 Å². The van der Waals surface area contributed by atoms with Crippen LogP contribution in [0.25, 0.3) is 10.8 Å². The normalized spacial score (nSPS) is 11.3. The molecule has 0 aromatic heterocycles. The minimum atomic E-state index is -3.74. The SMILES string of the molecule is COc1ccc(NS(=O)(=O)c2ccc3ccccc3c2)cc1O. The van der Waals surface area contributed by atoms with E-state index in [4.69, 9.17) is 4.74 Å². The maximum atomic E-state index is 12.5. The number of rotatable bonds is 4. The molecule has 6 heteroatoms. The Bertz CT molecular complexity index is 967. The number of ether oxygens (including phenoxy) is 1. The van der Waals surface area contributed by atoms with Crippen LogP contribution in [0.5, 0.6) is 11.5 Å². The lowest BCUT2D eigenvalue weighted by Gasteiger charge is -2.10. The van der Waals surface area contributed by atoms with Gasteiger partial charge in [0.2, 0.25) is 0 Å². The van der Waals surface area contributed by atoms with Crippen molar-refractivity contribution in [3.8, 4) is 11.5 Å². The first-order chi connectivity index (χ1) is 11.0. The smallest absolute Gasteiger partial charge is 0.261 e. The molecule has 0 saturated heterocycles. The van der Waals surface area contributed by atoms with Crippen molar-refractivity contribution in [3.05, 3.63) is 60.7 Å². The number of phenols is 1. The van der Waals surface area contributed by atoms with Crippen molar-refractivity contribution in [1.82, 2.24) is 0 Å². The van der Waals surface area contributed by atoms with Gasteiger partial charge in [0.05, 0.1) is 17.7 Å². The molecule has 0 aliphatic carbocycles. The Hall–Kier alpha value is -2.73. The van der Waals surface area contributed by atoms with E-state index in [1.807, 2.05) is 24.3 Å². The molecule has 0 amide bonds. The topological polar surface area (TPSA) is 75.6 Å². The number of nitrogens with one attached hydrogen (secondary N) is 1. The first kappa shape index (κ1) is 15.2. The van der Waals surface area contributed by atoms with Gasteiger partial charge in [-0.2, -0.15) is 0 Å². The van der Waals surface area contributed by atoms with Gasteiger partial charge in [0.1, 0.15) is 0 Å². The molecule has 118 valence electrons. The minimum Gasteiger partial charge on any atom is -0.504 e. The Labute approximate surface area is 134 Å². The van der Waals surface area contributed by atoms with Gasteiger partial charge >= 0.3 is 0 Å². The molecule has 0 atom stereocenters. The highest BCUT2D eigenvalue weighted by Crippen LogP contribution is 2.30. The zero-order valence-corrected chi connectivity index (χ0v) is 13.2. The molecule has 0 spiro atoms. The van der Waals surface area contributed by atoms with E-state index in [2.05, 4.69) is 4.72 Å². The number of anilines is 1. The maximum Gasteiger partial charge on any atom is 0.261 e. The number of sulfonamides is 1. The fourth-order valence-corrected chi connectivity index (χ4v) is 3.39. The van der Waals surface area contributed by atoms with E-state index >= 15 is 0 Å². The third kappa shape index (κ3) is 3.07. The average molecular weight is 329 g/mol. The maximum absolute atomic E-state index is 12.5. The summed E-state index contributed by atoms with van der Waals surface area (Å²) >= 11 is 0. The van der Waals surface area contributed by atoms with E-state index in [0.29, 0.717) is 0 Å². The van der Waals surface area contributed by atoms with Crippen LogP contribution in [0.4, 0.5) is 5.69 Å². The van der Waals surface area contributed by atoms with Gasteiger partial charge in [-0.05, 0) is 35.0 Å². The number of methoxy groups -OCH3 is 1. The van der Waals surface area contributed by atoms with Crippen molar-refractivity contribution in [3.63, 3.8) is 0 Å². The summed E-state index contributed by atoms with van der Waals surface area (Å²) in [7, 11) is -2.32. The molecular weight excluding hydrogens is 314 g/mol. The van der Waals surface area contributed by atoms with Crippen molar-refractivity contribution >= 4 is 26.5 Å². The molecule has 0 heterocycles. The van der Waals surface area contributed by atoms with Crippen LogP contribution in [0.3, 0.4) is 0 Å². The summed E-state index contributed by atoms with van der Waals surface area (Å²) in [6, 6.07) is 16.8. The molecule has 0 saturated carbocycles. The van der Waals surface area contributed by atoms with Gasteiger partial charge < -0.3 is 9.84 Å². The number of fused-ring (bicyclic) bond motifs is 1. The Kier molecular flexibility index (Phi) is 3.83. The quantitative estimate of drug-likeness (QED) is 0.769. The molecule has 3 aromatic rings. The van der Waals surface area contributed by atoms with Crippen LogP contribution in [0.15, 0.2) is 65.6 Å². The monoisotopic (exact) mass is 329 g/mol. The average Bonchev–Trinajstić information content (AvgIpc) is 2.54. The zero-order chi connectivity index (χ0) is 16.4. The summed E-state index contributed by atoms with van der Waals surface area (Å²) in [4.78, 5) is 0.159. The van der Waals surface area contributed by atoms with Crippen molar-refractivity contribution in [1.29, 1.82) is 0 Å². The molecular formula is C17H15NO4S. The van der Waals surface area contributed by atoms with E-state index in [0.717, 1.165) is 10.8 Å². The van der Waals surface area contributed by atoms with Gasteiger partial charge in [0.25, 0.3) is 10.0 Å². The van der Waals surface area contributed by atoms with Gasteiger partial charge in [-0.1, -0.05) is 30.3 Å². The first-order valence-electron chi connectivity index (χ1n) is 6.88. The summed E-state index contributed by atoms with van der Waals surface area (Å²) in [5, 5.41) is 11.5. The van der Waals surface area contributed by atoms with Gasteiger partial charge in [-0.25, -0.2) is 8.42 Å². The highest BCUT2D eigenvalue weighted by molar-refractivity contribution is 7.92. The molecule has 0 bridgehead atoms. The predicted molar refractivity (Wildman–Crippen MR) is 89.4 cm³/mol. The van der Waals surface area contributed by atoms with Gasteiger partial charge in [-0.3, -0.25) is 4.72 Å². The van der Waals surface area contributed by atoms with E-state index in [9.17, 15) is 13.5 Å². The molecule has 0 unspecified atom stereocenters. The lowest BCUT2D eigenvalue weighted by molar-refractivity contribution is 0.373. The third-order valence-corrected chi connectivity index (χ3v) is 4.84. The van der Waals surface area contributed by atoms with Crippen LogP contribution >= 0.6 is 0 Å². The Morgan fingerprint density at radius 2 is 1.70 bits per heavy atom. The van der Waals surface area contributed by atoms with Crippen molar-refractivity contribution in [2.45, 2.75) is 4.90 Å². The molecule has 0 fully saturated rings. The summed E-state index contributed by atoms with van der Waals surface area (Å²) in [5.74, 6) is 0.143. The molecule has 2 N–H and O–H groups in total. The van der Waals surface area contributed by atoms with Crippen LogP contribution in [0.1, 0.15) is 0 Å². The van der Waals surface area contributed by atoms with Crippen molar-refractivity contribution < 1.29 is 18.3 Å². The van der Waals surface area contributed by atoms with Crippen LogP contribution in [0, 0.1) is 0 Å². The summed E-state index contributed by atoms with van der Waals surface area (Å²) in [6.07, 6.45) is 0. The molecule has 5 nitrogen and oxygen atoms in total. The molecule has 3 aromatic carbocycles. The summed E-state index contributed by atoms with van der Waals surface area (Å²) in [5.41, 5.74) is 0.261. The Morgan fingerprint density at radius 1 is 0.957 bits per heavy atom. The zero-order valence-electron chi connectivity index (χ0n) is 12.4. The predicted octanol–water partition coefficient (Wildman–Crippen LogP) is 3.35. The van der Waals surface area contributed by atoms with E-state index in [1.54, 1.807) is 18.2 Å². The molecule has 0 aliphatic rings. The highest BCUT2D eigenvalue weighted by atomic mass is 32.2. The van der Waals surface area contributed by atoms with Gasteiger partial charge in [-0.15, -0.1) is 0 Å². The van der Waals surface area contributed by atoms with Crippen LogP contribution in [-0.4, -0.2) is 20.6 Å². The van der Waals surface area contributed by atoms with Gasteiger partial charge in [0.15, 0.2) is 11.5 Å². The summed E-state index contributed by atoms with van der Waals surface area (Å²) in [6.45, 7) is 0. The fourth-order valence-electron chi connectivity index (χ4n) is 2.30. The third-order valence-electron chi connectivity index (χ3n) is 3.46. The number of phenolic OH excluding ortho intramolecular Hbond substituents is 1.